The van der Waals surface area contributed by atoms with Gasteiger partial charge in [0, 0.05) is 48.3 Å². The van der Waals surface area contributed by atoms with Crippen molar-refractivity contribution in [3.63, 3.8) is 0 Å². The molecule has 1 saturated heterocycles. The van der Waals surface area contributed by atoms with E-state index in [0.29, 0.717) is 24.0 Å². The molecule has 0 saturated carbocycles. The first kappa shape index (κ1) is 21.1. The smallest absolute Gasteiger partial charge is 0.251 e. The number of ether oxygens (including phenoxy) is 1. The molecule has 1 aromatic heterocycles. The van der Waals surface area contributed by atoms with E-state index in [1.54, 1.807) is 18.3 Å². The number of hydrogen-bond acceptors (Lipinski definition) is 6. The van der Waals surface area contributed by atoms with Gasteiger partial charge in [-0.3, -0.25) is 9.59 Å². The Morgan fingerprint density at radius 2 is 1.88 bits per heavy atom. The predicted molar refractivity (Wildman–Crippen MR) is 125 cm³/mol. The van der Waals surface area contributed by atoms with Crippen LogP contribution in [0.15, 0.2) is 54.7 Å². The molecule has 33 heavy (non-hydrogen) atoms. The highest BCUT2D eigenvalue weighted by Crippen LogP contribution is 2.32. The van der Waals surface area contributed by atoms with Gasteiger partial charge in [-0.15, -0.1) is 0 Å². The van der Waals surface area contributed by atoms with Crippen LogP contribution in [0.25, 0.3) is 11.3 Å². The number of nitrogens with zero attached hydrogens (tertiary/aromatic N) is 2. The molecule has 2 aliphatic rings. The third-order valence-corrected chi connectivity index (χ3v) is 5.97. The first-order chi connectivity index (χ1) is 16.2. The highest BCUT2D eigenvalue weighted by atomic mass is 16.5. The lowest BCUT2D eigenvalue weighted by Gasteiger charge is -2.22. The van der Waals surface area contributed by atoms with Crippen LogP contribution in [-0.4, -0.2) is 41.5 Å². The third kappa shape index (κ3) is 4.85. The van der Waals surface area contributed by atoms with E-state index in [0.717, 1.165) is 54.3 Å². The van der Waals surface area contributed by atoms with Gasteiger partial charge in [0.2, 0.25) is 11.9 Å². The van der Waals surface area contributed by atoms with E-state index in [4.69, 9.17) is 4.74 Å². The maximum absolute atomic E-state index is 12.5. The Balaban J connectivity index is 1.28. The third-order valence-electron chi connectivity index (χ3n) is 5.97. The van der Waals surface area contributed by atoms with Gasteiger partial charge in [-0.2, -0.15) is 0 Å². The number of para-hydroxylation sites is 1. The van der Waals surface area contributed by atoms with Gasteiger partial charge in [-0.1, -0.05) is 18.2 Å². The minimum absolute atomic E-state index is 0.0805. The summed E-state index contributed by atoms with van der Waals surface area (Å²) in [6.07, 6.45) is 3.88. The number of amides is 2. The van der Waals surface area contributed by atoms with Crippen LogP contribution >= 0.6 is 0 Å². The van der Waals surface area contributed by atoms with E-state index in [-0.39, 0.29) is 18.2 Å². The molecule has 3 heterocycles. The van der Waals surface area contributed by atoms with Crippen molar-refractivity contribution in [1.29, 1.82) is 0 Å². The minimum atomic E-state index is -0.0869. The lowest BCUT2D eigenvalue weighted by Crippen LogP contribution is -2.32. The SMILES string of the molecule is O=C1Cc2cnc(Nc3ccc(C(=O)NCC4CCOCC4)cc3)nc2-c2ccccc2N1. The number of nitrogens with one attached hydrogen (secondary N) is 3. The van der Waals surface area contributed by atoms with E-state index in [1.807, 2.05) is 36.4 Å². The molecule has 3 aromatic rings. The van der Waals surface area contributed by atoms with Gasteiger partial charge in [-0.05, 0) is 49.1 Å². The quantitative estimate of drug-likeness (QED) is 0.557. The fourth-order valence-corrected chi connectivity index (χ4v) is 4.12. The molecule has 8 nitrogen and oxygen atoms in total. The molecular formula is C25H25N5O3. The summed E-state index contributed by atoms with van der Waals surface area (Å²) in [6, 6.07) is 14.8. The van der Waals surface area contributed by atoms with Crippen molar-refractivity contribution in [2.75, 3.05) is 30.4 Å². The Kier molecular flexibility index (Phi) is 5.99. The summed E-state index contributed by atoms with van der Waals surface area (Å²) in [5, 5.41) is 9.13. The van der Waals surface area contributed by atoms with E-state index < -0.39 is 0 Å². The topological polar surface area (TPSA) is 105 Å². The van der Waals surface area contributed by atoms with Crippen molar-refractivity contribution in [2.45, 2.75) is 19.3 Å². The molecule has 2 aromatic carbocycles. The van der Waals surface area contributed by atoms with E-state index in [2.05, 4.69) is 25.9 Å². The lowest BCUT2D eigenvalue weighted by atomic mass is 10.0. The van der Waals surface area contributed by atoms with Crippen LogP contribution in [0.2, 0.25) is 0 Å². The van der Waals surface area contributed by atoms with Gasteiger partial charge in [0.05, 0.1) is 17.8 Å². The fraction of sp³-hybridized carbons (Fsp3) is 0.280. The van der Waals surface area contributed by atoms with Gasteiger partial charge in [0.1, 0.15) is 0 Å². The first-order valence-corrected chi connectivity index (χ1v) is 11.1. The average molecular weight is 444 g/mol. The standard InChI is InChI=1S/C25H25N5O3/c31-22-13-18-15-27-25(30-23(18)20-3-1-2-4-21(20)29-22)28-19-7-5-17(6-8-19)24(32)26-14-16-9-11-33-12-10-16/h1-8,15-16H,9-14H2,(H,26,32)(H,29,31)(H,27,28,30). The molecule has 0 aliphatic carbocycles. The number of carbonyl (C=O) groups is 2. The lowest BCUT2D eigenvalue weighted by molar-refractivity contribution is -0.115. The predicted octanol–water partition coefficient (Wildman–Crippen LogP) is 3.54. The highest BCUT2D eigenvalue weighted by molar-refractivity contribution is 6.00. The highest BCUT2D eigenvalue weighted by Gasteiger charge is 2.21. The Bertz CT molecular complexity index is 1170. The van der Waals surface area contributed by atoms with Gasteiger partial charge in [0.15, 0.2) is 0 Å². The summed E-state index contributed by atoms with van der Waals surface area (Å²) in [6.45, 7) is 2.21. The van der Waals surface area contributed by atoms with Crippen LogP contribution in [0.1, 0.15) is 28.8 Å². The van der Waals surface area contributed by atoms with Crippen LogP contribution in [0.5, 0.6) is 0 Å². The normalized spacial score (nSPS) is 15.6. The average Bonchev–Trinajstić information content (AvgIpc) is 2.99. The van der Waals surface area contributed by atoms with Crippen LogP contribution in [-0.2, 0) is 16.0 Å². The molecule has 0 spiro atoms. The summed E-state index contributed by atoms with van der Waals surface area (Å²) in [5.41, 5.74) is 4.48. The molecule has 1 fully saturated rings. The van der Waals surface area contributed by atoms with E-state index in [9.17, 15) is 9.59 Å². The number of fused-ring (bicyclic) bond motifs is 3. The van der Waals surface area contributed by atoms with Crippen molar-refractivity contribution >= 4 is 29.1 Å². The minimum Gasteiger partial charge on any atom is -0.381 e. The number of benzene rings is 2. The molecule has 0 bridgehead atoms. The second-order valence-electron chi connectivity index (χ2n) is 8.31. The van der Waals surface area contributed by atoms with Crippen molar-refractivity contribution in [2.24, 2.45) is 5.92 Å². The van der Waals surface area contributed by atoms with Gasteiger partial charge >= 0.3 is 0 Å². The Labute approximate surface area is 191 Å². The molecule has 168 valence electrons. The van der Waals surface area contributed by atoms with Crippen molar-refractivity contribution in [3.05, 3.63) is 65.9 Å². The Morgan fingerprint density at radius 3 is 2.70 bits per heavy atom. The zero-order chi connectivity index (χ0) is 22.6. The molecular weight excluding hydrogens is 418 g/mol. The van der Waals surface area contributed by atoms with Crippen LogP contribution in [0, 0.1) is 5.92 Å². The second kappa shape index (κ2) is 9.38. The number of hydrogen-bond donors (Lipinski definition) is 3. The molecule has 2 amide bonds. The Morgan fingerprint density at radius 1 is 1.09 bits per heavy atom. The van der Waals surface area contributed by atoms with E-state index in [1.165, 1.54) is 0 Å². The largest absolute Gasteiger partial charge is 0.381 e. The molecule has 0 atom stereocenters. The van der Waals surface area contributed by atoms with Crippen molar-refractivity contribution in [3.8, 4) is 11.3 Å². The molecule has 2 aliphatic heterocycles. The van der Waals surface area contributed by atoms with Gasteiger partial charge in [0.25, 0.3) is 5.91 Å². The van der Waals surface area contributed by atoms with Crippen LogP contribution < -0.4 is 16.0 Å². The van der Waals surface area contributed by atoms with Crippen LogP contribution in [0.3, 0.4) is 0 Å². The second-order valence-corrected chi connectivity index (χ2v) is 8.31. The summed E-state index contributed by atoms with van der Waals surface area (Å²) < 4.78 is 5.36. The maximum atomic E-state index is 12.5. The molecule has 3 N–H and O–H groups in total. The monoisotopic (exact) mass is 443 g/mol. The van der Waals surface area contributed by atoms with Crippen molar-refractivity contribution < 1.29 is 14.3 Å². The summed E-state index contributed by atoms with van der Waals surface area (Å²) in [4.78, 5) is 33.7. The number of carbonyl (C=O) groups excluding carboxylic acids is 2. The number of rotatable bonds is 5. The molecule has 8 heteroatoms. The molecule has 0 radical (unpaired) electrons. The number of anilines is 3. The first-order valence-electron chi connectivity index (χ1n) is 11.1. The van der Waals surface area contributed by atoms with Crippen molar-refractivity contribution in [1.82, 2.24) is 15.3 Å². The fourth-order valence-electron chi connectivity index (χ4n) is 4.12. The Hall–Kier alpha value is -3.78. The zero-order valence-electron chi connectivity index (χ0n) is 18.1. The maximum Gasteiger partial charge on any atom is 0.251 e. The number of aromatic nitrogens is 2. The summed E-state index contributed by atoms with van der Waals surface area (Å²) in [7, 11) is 0. The zero-order valence-corrected chi connectivity index (χ0v) is 18.1. The molecule has 5 rings (SSSR count). The van der Waals surface area contributed by atoms with E-state index >= 15 is 0 Å². The molecule has 0 unspecified atom stereocenters. The van der Waals surface area contributed by atoms with Gasteiger partial charge in [-0.25, -0.2) is 9.97 Å². The van der Waals surface area contributed by atoms with Crippen LogP contribution in [0.4, 0.5) is 17.3 Å². The van der Waals surface area contributed by atoms with Gasteiger partial charge < -0.3 is 20.7 Å². The summed E-state index contributed by atoms with van der Waals surface area (Å²) in [5.74, 6) is 0.735. The summed E-state index contributed by atoms with van der Waals surface area (Å²) >= 11 is 0.